The third-order valence-corrected chi connectivity index (χ3v) is 5.29. The van der Waals surface area contributed by atoms with Gasteiger partial charge in [-0.2, -0.15) is 0 Å². The van der Waals surface area contributed by atoms with Crippen LogP contribution in [-0.2, 0) is 4.74 Å². The summed E-state index contributed by atoms with van der Waals surface area (Å²) in [7, 11) is 0. The molecule has 2 aromatic carbocycles. The SMILES string of the molecule is C[CH]CCN1CCOCC1CCCOc1cccc2ccc(Br)cc12. The number of benzene rings is 2. The fraction of sp³-hybridized carbons (Fsp3) is 0.476. The molecule has 0 spiro atoms. The highest BCUT2D eigenvalue weighted by molar-refractivity contribution is 9.10. The summed E-state index contributed by atoms with van der Waals surface area (Å²) >= 11 is 3.55. The molecule has 4 heteroatoms. The van der Waals surface area contributed by atoms with Crippen molar-refractivity contribution in [2.45, 2.75) is 32.2 Å². The number of fused-ring (bicyclic) bond motifs is 1. The molecule has 1 atom stereocenters. The molecule has 2 aromatic rings. The van der Waals surface area contributed by atoms with Crippen LogP contribution in [0.25, 0.3) is 10.8 Å². The highest BCUT2D eigenvalue weighted by Crippen LogP contribution is 2.28. The third-order valence-electron chi connectivity index (χ3n) is 4.80. The summed E-state index contributed by atoms with van der Waals surface area (Å²) in [6.45, 7) is 6.79. The number of rotatable bonds is 8. The van der Waals surface area contributed by atoms with E-state index in [1.807, 2.05) is 0 Å². The van der Waals surface area contributed by atoms with Crippen LogP contribution in [0.4, 0.5) is 0 Å². The van der Waals surface area contributed by atoms with Gasteiger partial charge in [-0.25, -0.2) is 0 Å². The third kappa shape index (κ3) is 5.19. The van der Waals surface area contributed by atoms with E-state index in [0.29, 0.717) is 6.04 Å². The van der Waals surface area contributed by atoms with Gasteiger partial charge in [-0.15, -0.1) is 0 Å². The van der Waals surface area contributed by atoms with Crippen LogP contribution in [0, 0.1) is 6.42 Å². The summed E-state index contributed by atoms with van der Waals surface area (Å²) in [6.07, 6.45) is 5.56. The van der Waals surface area contributed by atoms with Crippen molar-refractivity contribution in [2.24, 2.45) is 0 Å². The quantitative estimate of drug-likeness (QED) is 0.572. The summed E-state index contributed by atoms with van der Waals surface area (Å²) in [5.74, 6) is 0.969. The lowest BCUT2D eigenvalue weighted by Gasteiger charge is -2.35. The van der Waals surface area contributed by atoms with Crippen molar-refractivity contribution in [1.29, 1.82) is 0 Å². The Morgan fingerprint density at radius 1 is 1.32 bits per heavy atom. The van der Waals surface area contributed by atoms with Crippen LogP contribution in [0.1, 0.15) is 26.2 Å². The molecule has 1 radical (unpaired) electrons. The van der Waals surface area contributed by atoms with Gasteiger partial charge in [0.1, 0.15) is 5.75 Å². The van der Waals surface area contributed by atoms with Gasteiger partial charge in [-0.3, -0.25) is 4.90 Å². The van der Waals surface area contributed by atoms with Gasteiger partial charge in [0.25, 0.3) is 0 Å². The first-order valence-corrected chi connectivity index (χ1v) is 9.98. The van der Waals surface area contributed by atoms with Crippen molar-refractivity contribution in [3.63, 3.8) is 0 Å². The van der Waals surface area contributed by atoms with E-state index in [-0.39, 0.29) is 0 Å². The summed E-state index contributed by atoms with van der Waals surface area (Å²) in [5, 5.41) is 2.38. The molecule has 1 heterocycles. The van der Waals surface area contributed by atoms with E-state index in [4.69, 9.17) is 9.47 Å². The summed E-state index contributed by atoms with van der Waals surface area (Å²) in [4.78, 5) is 2.57. The Balaban J connectivity index is 1.52. The van der Waals surface area contributed by atoms with Crippen LogP contribution in [0.15, 0.2) is 40.9 Å². The van der Waals surface area contributed by atoms with Crippen LogP contribution < -0.4 is 4.74 Å². The van der Waals surface area contributed by atoms with E-state index in [9.17, 15) is 0 Å². The zero-order valence-corrected chi connectivity index (χ0v) is 16.5. The minimum atomic E-state index is 0.527. The molecule has 3 rings (SSSR count). The average Bonchev–Trinajstić information content (AvgIpc) is 2.64. The molecular formula is C21H27BrNO2. The van der Waals surface area contributed by atoms with Crippen LogP contribution in [0.3, 0.4) is 0 Å². The van der Waals surface area contributed by atoms with Crippen molar-refractivity contribution in [3.05, 3.63) is 47.3 Å². The van der Waals surface area contributed by atoms with E-state index in [0.717, 1.165) is 67.8 Å². The molecule has 0 N–H and O–H groups in total. The number of hydrogen-bond donors (Lipinski definition) is 0. The molecule has 135 valence electrons. The number of halogens is 1. The molecule has 1 unspecified atom stereocenters. The molecule has 1 aliphatic rings. The van der Waals surface area contributed by atoms with Crippen LogP contribution in [-0.4, -0.2) is 43.9 Å². The fourth-order valence-corrected chi connectivity index (χ4v) is 3.75. The second-order valence-corrected chi connectivity index (χ2v) is 7.49. The topological polar surface area (TPSA) is 21.7 Å². The van der Waals surface area contributed by atoms with E-state index < -0.39 is 0 Å². The van der Waals surface area contributed by atoms with Gasteiger partial charge >= 0.3 is 0 Å². The number of hydrogen-bond acceptors (Lipinski definition) is 3. The molecule has 1 fully saturated rings. The van der Waals surface area contributed by atoms with Gasteiger partial charge in [-0.05, 0) is 55.8 Å². The van der Waals surface area contributed by atoms with Crippen LogP contribution in [0.5, 0.6) is 5.75 Å². The Bertz CT molecular complexity index is 676. The molecule has 0 aliphatic carbocycles. The summed E-state index contributed by atoms with van der Waals surface area (Å²) in [5.41, 5.74) is 0. The van der Waals surface area contributed by atoms with E-state index in [1.165, 1.54) is 5.39 Å². The molecule has 0 bridgehead atoms. The maximum atomic E-state index is 6.10. The van der Waals surface area contributed by atoms with Gasteiger partial charge in [0.05, 0.1) is 19.8 Å². The van der Waals surface area contributed by atoms with E-state index in [2.05, 4.69) is 70.6 Å². The molecule has 0 amide bonds. The average molecular weight is 405 g/mol. The first kappa shape index (κ1) is 18.7. The maximum Gasteiger partial charge on any atom is 0.127 e. The number of nitrogens with zero attached hydrogens (tertiary/aromatic N) is 1. The highest BCUT2D eigenvalue weighted by Gasteiger charge is 2.21. The lowest BCUT2D eigenvalue weighted by molar-refractivity contribution is -0.0114. The number of morpholine rings is 1. The minimum absolute atomic E-state index is 0.527. The molecule has 0 saturated carbocycles. The number of ether oxygens (including phenoxy) is 2. The first-order valence-electron chi connectivity index (χ1n) is 9.18. The Hall–Kier alpha value is -1.10. The van der Waals surface area contributed by atoms with Gasteiger partial charge in [-0.1, -0.05) is 41.1 Å². The number of unbranched alkanes of at least 4 members (excludes halogenated alkanes) is 1. The zero-order valence-electron chi connectivity index (χ0n) is 14.9. The Morgan fingerprint density at radius 3 is 3.12 bits per heavy atom. The monoisotopic (exact) mass is 404 g/mol. The van der Waals surface area contributed by atoms with E-state index in [1.54, 1.807) is 0 Å². The van der Waals surface area contributed by atoms with Crippen molar-refractivity contribution >= 4 is 26.7 Å². The van der Waals surface area contributed by atoms with Crippen molar-refractivity contribution < 1.29 is 9.47 Å². The van der Waals surface area contributed by atoms with Crippen molar-refractivity contribution in [2.75, 3.05) is 32.9 Å². The van der Waals surface area contributed by atoms with E-state index >= 15 is 0 Å². The maximum absolute atomic E-state index is 6.10. The smallest absolute Gasteiger partial charge is 0.127 e. The Labute approximate surface area is 159 Å². The standard InChI is InChI=1S/C21H27BrNO2/c1-2-3-11-23-12-14-24-16-19(23)7-5-13-25-21-8-4-6-17-9-10-18(22)15-20(17)21/h2,4,6,8-10,15,19H,3,5,7,11-14,16H2,1H3. The van der Waals surface area contributed by atoms with Crippen molar-refractivity contribution in [3.8, 4) is 5.75 Å². The first-order chi connectivity index (χ1) is 12.3. The molecular weight excluding hydrogens is 378 g/mol. The fourth-order valence-electron chi connectivity index (χ4n) is 3.39. The second kappa shape index (κ2) is 9.56. The predicted molar refractivity (Wildman–Crippen MR) is 107 cm³/mol. The Kier molecular flexibility index (Phi) is 7.14. The van der Waals surface area contributed by atoms with Gasteiger partial charge in [0.2, 0.25) is 0 Å². The Morgan fingerprint density at radius 2 is 2.24 bits per heavy atom. The van der Waals surface area contributed by atoms with Crippen LogP contribution in [0.2, 0.25) is 0 Å². The van der Waals surface area contributed by atoms with Gasteiger partial charge < -0.3 is 9.47 Å². The lowest BCUT2D eigenvalue weighted by atomic mass is 10.1. The molecule has 1 saturated heterocycles. The van der Waals surface area contributed by atoms with Gasteiger partial charge in [0, 0.05) is 22.4 Å². The normalized spacial score (nSPS) is 18.6. The summed E-state index contributed by atoms with van der Waals surface area (Å²) in [6, 6.07) is 13.1. The highest BCUT2D eigenvalue weighted by atomic mass is 79.9. The second-order valence-electron chi connectivity index (χ2n) is 6.57. The summed E-state index contributed by atoms with van der Waals surface area (Å²) < 4.78 is 12.9. The zero-order chi connectivity index (χ0) is 17.5. The molecule has 1 aliphatic heterocycles. The predicted octanol–water partition coefficient (Wildman–Crippen LogP) is 5.08. The van der Waals surface area contributed by atoms with Gasteiger partial charge in [0.15, 0.2) is 0 Å². The van der Waals surface area contributed by atoms with Crippen LogP contribution >= 0.6 is 15.9 Å². The molecule has 3 nitrogen and oxygen atoms in total. The lowest BCUT2D eigenvalue weighted by Crippen LogP contribution is -2.45. The minimum Gasteiger partial charge on any atom is -0.493 e. The largest absolute Gasteiger partial charge is 0.493 e. The molecule has 25 heavy (non-hydrogen) atoms. The van der Waals surface area contributed by atoms with Crippen molar-refractivity contribution in [1.82, 2.24) is 4.90 Å². The molecule has 0 aromatic heterocycles.